The average molecular weight is 322 g/mol. The minimum Gasteiger partial charge on any atom is -0.322 e. The lowest BCUT2D eigenvalue weighted by molar-refractivity contribution is 0.536. The van der Waals surface area contributed by atoms with Gasteiger partial charge in [-0.2, -0.15) is 4.98 Å². The highest BCUT2D eigenvalue weighted by Gasteiger charge is 2.13. The highest BCUT2D eigenvalue weighted by atomic mass is 79.9. The van der Waals surface area contributed by atoms with Gasteiger partial charge in [0.25, 0.3) is 0 Å². The van der Waals surface area contributed by atoms with E-state index in [4.69, 9.17) is 5.73 Å². The molecule has 19 heavy (non-hydrogen) atoms. The molecule has 2 rings (SSSR count). The van der Waals surface area contributed by atoms with Gasteiger partial charge in [-0.1, -0.05) is 30.3 Å². The van der Waals surface area contributed by atoms with E-state index in [1.807, 2.05) is 37.3 Å². The third-order valence-electron chi connectivity index (χ3n) is 3.14. The van der Waals surface area contributed by atoms with E-state index in [-0.39, 0.29) is 11.7 Å². The summed E-state index contributed by atoms with van der Waals surface area (Å²) in [5.41, 5.74) is 8.45. The van der Waals surface area contributed by atoms with Crippen molar-refractivity contribution in [3.05, 3.63) is 62.2 Å². The second-order valence-electron chi connectivity index (χ2n) is 4.51. The molecule has 0 fully saturated rings. The second-order valence-corrected chi connectivity index (χ2v) is 5.30. The van der Waals surface area contributed by atoms with Gasteiger partial charge < -0.3 is 5.73 Å². The number of hydrogen-bond donors (Lipinski definition) is 1. The van der Waals surface area contributed by atoms with Crippen LogP contribution >= 0.6 is 15.9 Å². The van der Waals surface area contributed by atoms with Gasteiger partial charge >= 0.3 is 5.69 Å². The molecular formula is C14H16BrN3O. The summed E-state index contributed by atoms with van der Waals surface area (Å²) in [6.45, 7) is 4.11. The maximum absolute atomic E-state index is 12.0. The molecule has 100 valence electrons. The summed E-state index contributed by atoms with van der Waals surface area (Å²) in [5, 5.41) is 0. The molecule has 0 bridgehead atoms. The fourth-order valence-corrected chi connectivity index (χ4v) is 2.30. The van der Waals surface area contributed by atoms with Crippen molar-refractivity contribution in [3.8, 4) is 0 Å². The van der Waals surface area contributed by atoms with Crippen LogP contribution in [0.2, 0.25) is 0 Å². The fraction of sp³-hybridized carbons (Fsp3) is 0.286. The molecule has 0 amide bonds. The van der Waals surface area contributed by atoms with Gasteiger partial charge in [0, 0.05) is 18.3 Å². The summed E-state index contributed by atoms with van der Waals surface area (Å²) in [5.74, 6) is 0. The van der Waals surface area contributed by atoms with Crippen molar-refractivity contribution in [1.82, 2.24) is 9.55 Å². The zero-order valence-electron chi connectivity index (χ0n) is 10.9. The number of halogens is 1. The molecule has 0 saturated heterocycles. The zero-order chi connectivity index (χ0) is 14.0. The Balaban J connectivity index is 2.35. The molecule has 1 aromatic heterocycles. The van der Waals surface area contributed by atoms with E-state index in [0.29, 0.717) is 12.2 Å². The predicted molar refractivity (Wildman–Crippen MR) is 79.0 cm³/mol. The summed E-state index contributed by atoms with van der Waals surface area (Å²) < 4.78 is 2.46. The fourth-order valence-electron chi connectivity index (χ4n) is 1.99. The first-order valence-corrected chi connectivity index (χ1v) is 6.84. The topological polar surface area (TPSA) is 60.9 Å². The number of aromatic nitrogens is 2. The first-order chi connectivity index (χ1) is 9.00. The van der Waals surface area contributed by atoms with Crippen LogP contribution in [0, 0.1) is 13.8 Å². The minimum atomic E-state index is -0.260. The van der Waals surface area contributed by atoms with E-state index in [1.54, 1.807) is 11.5 Å². The van der Waals surface area contributed by atoms with Crippen LogP contribution in [0.5, 0.6) is 0 Å². The number of rotatable bonds is 3. The van der Waals surface area contributed by atoms with E-state index in [1.165, 1.54) is 0 Å². The summed E-state index contributed by atoms with van der Waals surface area (Å²) in [6.07, 6.45) is 0. The normalized spacial score (nSPS) is 12.4. The standard InChI is InChI=1S/C14H16BrN3O/c1-9-13(15)10(2)18(14(19)17-9)8-12(16)11-6-4-3-5-7-11/h3-7,12H,8,16H2,1-2H3. The summed E-state index contributed by atoms with van der Waals surface area (Å²) in [6, 6.07) is 9.51. The third kappa shape index (κ3) is 2.93. The molecule has 4 nitrogen and oxygen atoms in total. The van der Waals surface area contributed by atoms with E-state index in [2.05, 4.69) is 20.9 Å². The van der Waals surface area contributed by atoms with E-state index in [0.717, 1.165) is 15.7 Å². The number of nitrogens with two attached hydrogens (primary N) is 1. The van der Waals surface area contributed by atoms with Gasteiger partial charge in [0.2, 0.25) is 0 Å². The molecule has 1 atom stereocenters. The molecule has 0 aliphatic carbocycles. The lowest BCUT2D eigenvalue weighted by atomic mass is 10.1. The Morgan fingerprint density at radius 2 is 1.95 bits per heavy atom. The van der Waals surface area contributed by atoms with Gasteiger partial charge in [-0.25, -0.2) is 4.79 Å². The number of nitrogens with zero attached hydrogens (tertiary/aromatic N) is 2. The Hall–Kier alpha value is -1.46. The molecule has 0 saturated carbocycles. The van der Waals surface area contributed by atoms with Crippen molar-refractivity contribution in [2.75, 3.05) is 0 Å². The minimum absolute atomic E-state index is 0.228. The first-order valence-electron chi connectivity index (χ1n) is 6.04. The number of benzene rings is 1. The third-order valence-corrected chi connectivity index (χ3v) is 4.29. The largest absolute Gasteiger partial charge is 0.348 e. The lowest BCUT2D eigenvalue weighted by Gasteiger charge is -2.17. The molecule has 0 spiro atoms. The van der Waals surface area contributed by atoms with Crippen molar-refractivity contribution < 1.29 is 0 Å². The Morgan fingerprint density at radius 1 is 1.32 bits per heavy atom. The molecule has 2 N–H and O–H groups in total. The summed E-state index contributed by atoms with van der Waals surface area (Å²) >= 11 is 3.45. The highest BCUT2D eigenvalue weighted by molar-refractivity contribution is 9.10. The summed E-state index contributed by atoms with van der Waals surface area (Å²) in [4.78, 5) is 15.9. The maximum atomic E-state index is 12.0. The Kier molecular flexibility index (Phi) is 4.17. The van der Waals surface area contributed by atoms with Crippen molar-refractivity contribution >= 4 is 15.9 Å². The molecule has 2 aromatic rings. The molecule has 0 aliphatic heterocycles. The van der Waals surface area contributed by atoms with Crippen molar-refractivity contribution in [1.29, 1.82) is 0 Å². The smallest absolute Gasteiger partial charge is 0.322 e. The van der Waals surface area contributed by atoms with Crippen LogP contribution in [0.3, 0.4) is 0 Å². The Labute approximate surface area is 120 Å². The SMILES string of the molecule is Cc1nc(=O)n(CC(N)c2ccccc2)c(C)c1Br. The van der Waals surface area contributed by atoms with Crippen LogP contribution in [0.15, 0.2) is 39.6 Å². The van der Waals surface area contributed by atoms with Gasteiger partial charge in [-0.05, 0) is 35.3 Å². The molecule has 5 heteroatoms. The van der Waals surface area contributed by atoms with Crippen LogP contribution in [-0.4, -0.2) is 9.55 Å². The summed E-state index contributed by atoms with van der Waals surface area (Å²) in [7, 11) is 0. The van der Waals surface area contributed by atoms with Gasteiger partial charge in [0.15, 0.2) is 0 Å². The van der Waals surface area contributed by atoms with Crippen LogP contribution in [0.1, 0.15) is 23.0 Å². The van der Waals surface area contributed by atoms with Crippen LogP contribution in [0.4, 0.5) is 0 Å². The predicted octanol–water partition coefficient (Wildman–Crippen LogP) is 2.32. The van der Waals surface area contributed by atoms with E-state index in [9.17, 15) is 4.79 Å². The van der Waals surface area contributed by atoms with Gasteiger partial charge in [-0.3, -0.25) is 4.57 Å². The first kappa shape index (κ1) is 14.0. The maximum Gasteiger partial charge on any atom is 0.348 e. The molecular weight excluding hydrogens is 306 g/mol. The van der Waals surface area contributed by atoms with Gasteiger partial charge in [-0.15, -0.1) is 0 Å². The van der Waals surface area contributed by atoms with Crippen LogP contribution < -0.4 is 11.4 Å². The van der Waals surface area contributed by atoms with Crippen molar-refractivity contribution in [2.45, 2.75) is 26.4 Å². The molecule has 0 aliphatic rings. The Morgan fingerprint density at radius 3 is 2.58 bits per heavy atom. The van der Waals surface area contributed by atoms with Crippen LogP contribution in [-0.2, 0) is 6.54 Å². The average Bonchev–Trinajstić information content (AvgIpc) is 2.42. The Bertz CT molecular complexity index is 637. The van der Waals surface area contributed by atoms with Crippen molar-refractivity contribution in [2.24, 2.45) is 5.73 Å². The van der Waals surface area contributed by atoms with E-state index >= 15 is 0 Å². The number of hydrogen-bond acceptors (Lipinski definition) is 3. The highest BCUT2D eigenvalue weighted by Crippen LogP contribution is 2.18. The van der Waals surface area contributed by atoms with Crippen molar-refractivity contribution in [3.63, 3.8) is 0 Å². The second kappa shape index (κ2) is 5.67. The van der Waals surface area contributed by atoms with Crippen LogP contribution in [0.25, 0.3) is 0 Å². The van der Waals surface area contributed by atoms with Gasteiger partial charge in [0.1, 0.15) is 0 Å². The quantitative estimate of drug-likeness (QED) is 0.943. The monoisotopic (exact) mass is 321 g/mol. The molecule has 1 aromatic carbocycles. The van der Waals surface area contributed by atoms with Gasteiger partial charge in [0.05, 0.1) is 10.2 Å². The molecule has 1 heterocycles. The zero-order valence-corrected chi connectivity index (χ0v) is 12.5. The molecule has 1 unspecified atom stereocenters. The van der Waals surface area contributed by atoms with E-state index < -0.39 is 0 Å². The lowest BCUT2D eigenvalue weighted by Crippen LogP contribution is -2.31. The number of aryl methyl sites for hydroxylation is 1. The molecule has 0 radical (unpaired) electrons.